The Morgan fingerprint density at radius 3 is 1.13 bits per heavy atom. The molecule has 0 N–H and O–H groups in total. The van der Waals surface area contributed by atoms with Crippen LogP contribution in [0.25, 0.3) is 0 Å². The first kappa shape index (κ1) is 30.9. The Bertz CT molecular complexity index is 378. The van der Waals surface area contributed by atoms with E-state index in [1.54, 1.807) is 0 Å². The first-order valence-electron chi connectivity index (χ1n) is 11.2. The van der Waals surface area contributed by atoms with Gasteiger partial charge in [0.1, 0.15) is 0 Å². The molecular weight excluding hydrogens is 431 g/mol. The Morgan fingerprint density at radius 2 is 0.774 bits per heavy atom. The Balaban J connectivity index is 4.04. The van der Waals surface area contributed by atoms with Crippen molar-refractivity contribution in [3.05, 3.63) is 0 Å². The summed E-state index contributed by atoms with van der Waals surface area (Å²) >= 11 is 0. The maximum atomic E-state index is 12.8. The summed E-state index contributed by atoms with van der Waals surface area (Å²) in [4.78, 5) is 0. The highest BCUT2D eigenvalue weighted by Gasteiger charge is 2.26. The standard InChI is InChI=1S/C20H43O10P/c1-4-7-8-24-13-14-27-17-20-30-31(21,28-18-15-25-11-9-22-5-2)29-19-16-26-12-10-23-6-3/h4-20H2,1-3H3. The Labute approximate surface area is 187 Å². The van der Waals surface area contributed by atoms with Gasteiger partial charge in [0.05, 0.1) is 79.3 Å². The van der Waals surface area contributed by atoms with Crippen molar-refractivity contribution in [3.8, 4) is 0 Å². The molecular formula is C20H43O10P. The van der Waals surface area contributed by atoms with Gasteiger partial charge in [-0.2, -0.15) is 0 Å². The van der Waals surface area contributed by atoms with Crippen molar-refractivity contribution < 1.29 is 46.6 Å². The van der Waals surface area contributed by atoms with Crippen molar-refractivity contribution in [2.75, 3.05) is 99.1 Å². The number of hydrogen-bond donors (Lipinski definition) is 0. The van der Waals surface area contributed by atoms with Crippen LogP contribution in [0.3, 0.4) is 0 Å². The maximum absolute atomic E-state index is 12.8. The summed E-state index contributed by atoms with van der Waals surface area (Å²) in [6, 6.07) is 0. The molecule has 0 aliphatic rings. The van der Waals surface area contributed by atoms with Crippen LogP contribution in [-0.2, 0) is 46.6 Å². The average Bonchev–Trinajstić information content (AvgIpc) is 2.77. The largest absolute Gasteiger partial charge is 0.475 e. The molecule has 11 heteroatoms. The molecule has 0 spiro atoms. The lowest BCUT2D eigenvalue weighted by Gasteiger charge is -2.18. The third kappa shape index (κ3) is 22.8. The van der Waals surface area contributed by atoms with E-state index in [0.717, 1.165) is 19.4 Å². The molecule has 0 aromatic carbocycles. The van der Waals surface area contributed by atoms with Crippen molar-refractivity contribution in [2.24, 2.45) is 0 Å². The lowest BCUT2D eigenvalue weighted by molar-refractivity contribution is 0.00764. The van der Waals surface area contributed by atoms with E-state index in [2.05, 4.69) is 6.92 Å². The fourth-order valence-corrected chi connectivity index (χ4v) is 3.15. The molecule has 0 aromatic rings. The Kier molecular flexibility index (Phi) is 24.4. The van der Waals surface area contributed by atoms with Crippen molar-refractivity contribution in [2.45, 2.75) is 33.6 Å². The molecule has 0 aliphatic heterocycles. The van der Waals surface area contributed by atoms with E-state index < -0.39 is 7.82 Å². The van der Waals surface area contributed by atoms with Gasteiger partial charge >= 0.3 is 7.82 Å². The fraction of sp³-hybridized carbons (Fsp3) is 1.00. The zero-order valence-corrected chi connectivity index (χ0v) is 20.4. The highest BCUT2D eigenvalue weighted by atomic mass is 31.2. The van der Waals surface area contributed by atoms with Gasteiger partial charge in [0.15, 0.2) is 0 Å². The molecule has 0 aromatic heterocycles. The highest BCUT2D eigenvalue weighted by molar-refractivity contribution is 7.48. The van der Waals surface area contributed by atoms with Crippen LogP contribution in [0, 0.1) is 0 Å². The van der Waals surface area contributed by atoms with E-state index in [1.807, 2.05) is 13.8 Å². The van der Waals surface area contributed by atoms with E-state index in [1.165, 1.54) is 0 Å². The van der Waals surface area contributed by atoms with Crippen LogP contribution < -0.4 is 0 Å². The second-order valence-corrected chi connectivity index (χ2v) is 7.81. The number of ether oxygens (including phenoxy) is 6. The smallest absolute Gasteiger partial charge is 0.379 e. The van der Waals surface area contributed by atoms with Gasteiger partial charge < -0.3 is 28.4 Å². The number of unbranched alkanes of at least 4 members (excludes halogenated alkanes) is 1. The van der Waals surface area contributed by atoms with Crippen LogP contribution >= 0.6 is 7.82 Å². The van der Waals surface area contributed by atoms with E-state index in [9.17, 15) is 4.57 Å². The predicted octanol–water partition coefficient (Wildman–Crippen LogP) is 3.08. The van der Waals surface area contributed by atoms with Gasteiger partial charge in [-0.05, 0) is 20.3 Å². The minimum absolute atomic E-state index is 0.0702. The van der Waals surface area contributed by atoms with E-state index in [4.69, 9.17) is 42.0 Å². The highest BCUT2D eigenvalue weighted by Crippen LogP contribution is 2.49. The summed E-state index contributed by atoms with van der Waals surface area (Å²) in [6.07, 6.45) is 2.13. The monoisotopic (exact) mass is 474 g/mol. The normalized spacial score (nSPS) is 12.0. The average molecular weight is 475 g/mol. The minimum Gasteiger partial charge on any atom is -0.379 e. The number of phosphoric ester groups is 1. The first-order chi connectivity index (χ1) is 15.2. The summed E-state index contributed by atoms with van der Waals surface area (Å²) in [5.41, 5.74) is 0. The number of hydrogen-bond acceptors (Lipinski definition) is 10. The van der Waals surface area contributed by atoms with Gasteiger partial charge in [-0.3, -0.25) is 13.6 Å². The fourth-order valence-electron chi connectivity index (χ4n) is 2.03. The quantitative estimate of drug-likeness (QED) is 0.137. The van der Waals surface area contributed by atoms with Crippen LogP contribution in [0.1, 0.15) is 33.6 Å². The third-order valence-electron chi connectivity index (χ3n) is 3.60. The minimum atomic E-state index is -3.75. The zero-order chi connectivity index (χ0) is 22.9. The summed E-state index contributed by atoms with van der Waals surface area (Å²) in [7, 11) is -3.75. The number of rotatable bonds is 26. The van der Waals surface area contributed by atoms with Gasteiger partial charge in [0, 0.05) is 19.8 Å². The predicted molar refractivity (Wildman–Crippen MR) is 117 cm³/mol. The maximum Gasteiger partial charge on any atom is 0.475 e. The van der Waals surface area contributed by atoms with Gasteiger partial charge in [0.2, 0.25) is 0 Å². The van der Waals surface area contributed by atoms with Crippen molar-refractivity contribution >= 4 is 7.82 Å². The van der Waals surface area contributed by atoms with Crippen molar-refractivity contribution in [3.63, 3.8) is 0 Å². The van der Waals surface area contributed by atoms with Crippen LogP contribution in [0.5, 0.6) is 0 Å². The van der Waals surface area contributed by atoms with Crippen LogP contribution in [-0.4, -0.2) is 99.1 Å². The molecule has 0 saturated heterocycles. The van der Waals surface area contributed by atoms with Gasteiger partial charge in [-0.15, -0.1) is 0 Å². The van der Waals surface area contributed by atoms with Crippen LogP contribution in [0.15, 0.2) is 0 Å². The molecule has 0 radical (unpaired) electrons. The molecule has 0 fully saturated rings. The van der Waals surface area contributed by atoms with Crippen molar-refractivity contribution in [1.29, 1.82) is 0 Å². The van der Waals surface area contributed by atoms with Gasteiger partial charge in [0.25, 0.3) is 0 Å². The molecule has 31 heavy (non-hydrogen) atoms. The molecule has 10 nitrogen and oxygen atoms in total. The van der Waals surface area contributed by atoms with Crippen molar-refractivity contribution in [1.82, 2.24) is 0 Å². The molecule has 0 atom stereocenters. The van der Waals surface area contributed by atoms with Gasteiger partial charge in [-0.25, -0.2) is 4.57 Å². The summed E-state index contributed by atoms with van der Waals surface area (Å²) in [6.45, 7) is 11.7. The lowest BCUT2D eigenvalue weighted by Crippen LogP contribution is -2.14. The zero-order valence-electron chi connectivity index (χ0n) is 19.6. The Hall–Kier alpha value is -0.130. The Morgan fingerprint density at radius 1 is 0.452 bits per heavy atom. The molecule has 0 heterocycles. The molecule has 0 rings (SSSR count). The molecule has 0 unspecified atom stereocenters. The topological polar surface area (TPSA) is 100 Å². The first-order valence-corrected chi connectivity index (χ1v) is 12.6. The summed E-state index contributed by atoms with van der Waals surface area (Å²) < 4.78 is 60.7. The molecule has 0 saturated carbocycles. The second kappa shape index (κ2) is 24.5. The molecule has 188 valence electrons. The molecule has 0 bridgehead atoms. The summed E-state index contributed by atoms with van der Waals surface area (Å²) in [5, 5.41) is 0. The van der Waals surface area contributed by atoms with E-state index in [-0.39, 0.29) is 39.6 Å². The molecule has 0 aliphatic carbocycles. The van der Waals surface area contributed by atoms with Crippen LogP contribution in [0.2, 0.25) is 0 Å². The molecule has 0 amide bonds. The van der Waals surface area contributed by atoms with Crippen LogP contribution in [0.4, 0.5) is 0 Å². The lowest BCUT2D eigenvalue weighted by atomic mass is 10.4. The third-order valence-corrected chi connectivity index (χ3v) is 5.09. The van der Waals surface area contributed by atoms with Gasteiger partial charge in [-0.1, -0.05) is 13.3 Å². The van der Waals surface area contributed by atoms with E-state index >= 15 is 0 Å². The SMILES string of the molecule is CCCCOCCOCCOP(=O)(OCCOCCOCC)OCCOCCOCC. The van der Waals surface area contributed by atoms with E-state index in [0.29, 0.717) is 52.9 Å². The second-order valence-electron chi connectivity index (χ2n) is 6.14. The number of phosphoric acid groups is 1. The summed E-state index contributed by atoms with van der Waals surface area (Å²) in [5.74, 6) is 0.